The Morgan fingerprint density at radius 2 is 1.96 bits per heavy atom. The van der Waals surface area contributed by atoms with Gasteiger partial charge >= 0.3 is 6.01 Å². The van der Waals surface area contributed by atoms with E-state index in [0.717, 1.165) is 37.8 Å². The van der Waals surface area contributed by atoms with Crippen LogP contribution in [0.25, 0.3) is 21.3 Å². The lowest BCUT2D eigenvalue weighted by Crippen LogP contribution is -1.88. The zero-order chi connectivity index (χ0) is 16.0. The molecule has 2 heterocycles. The summed E-state index contributed by atoms with van der Waals surface area (Å²) in [6.45, 7) is 4.07. The van der Waals surface area contributed by atoms with E-state index in [1.807, 2.05) is 31.2 Å². The first-order valence-electron chi connectivity index (χ1n) is 7.22. The average Bonchev–Trinajstić information content (AvgIpc) is 3.09. The number of hydrogen-bond donors (Lipinski definition) is 1. The summed E-state index contributed by atoms with van der Waals surface area (Å²) in [5.74, 6) is 0.820. The molecule has 2 aromatic carbocycles. The molecule has 4 aromatic rings. The first kappa shape index (κ1) is 14.0. The van der Waals surface area contributed by atoms with Crippen molar-refractivity contribution < 1.29 is 9.15 Å². The molecule has 0 unspecified atom stereocenters. The molecule has 0 spiro atoms. The zero-order valence-electron chi connectivity index (χ0n) is 13.0. The Labute approximate surface area is 136 Å². The Bertz CT molecular complexity index is 1020. The molecule has 0 fully saturated rings. The first-order valence-corrected chi connectivity index (χ1v) is 8.03. The van der Waals surface area contributed by atoms with Crippen LogP contribution in [-0.4, -0.2) is 17.1 Å². The number of hydrogen-bond acceptors (Lipinski definition) is 6. The lowest BCUT2D eigenvalue weighted by atomic mass is 10.1. The highest BCUT2D eigenvalue weighted by Gasteiger charge is 2.11. The van der Waals surface area contributed by atoms with Crippen molar-refractivity contribution in [1.82, 2.24) is 9.97 Å². The maximum absolute atomic E-state index is 5.82. The number of ether oxygens (including phenoxy) is 1. The number of methoxy groups -OCH3 is 1. The van der Waals surface area contributed by atoms with Crippen molar-refractivity contribution in [3.63, 3.8) is 0 Å². The van der Waals surface area contributed by atoms with E-state index in [9.17, 15) is 0 Å². The highest BCUT2D eigenvalue weighted by atomic mass is 32.1. The summed E-state index contributed by atoms with van der Waals surface area (Å²) >= 11 is 1.54. The van der Waals surface area contributed by atoms with Crippen LogP contribution in [0.4, 0.5) is 11.1 Å². The fraction of sp³-hybridized carbons (Fsp3) is 0.176. The molecule has 0 aliphatic heterocycles. The lowest BCUT2D eigenvalue weighted by molar-refractivity contribution is 0.415. The third kappa shape index (κ3) is 2.51. The van der Waals surface area contributed by atoms with Gasteiger partial charge in [-0.2, -0.15) is 4.98 Å². The first-order chi connectivity index (χ1) is 11.1. The summed E-state index contributed by atoms with van der Waals surface area (Å²) in [4.78, 5) is 9.04. The number of thiazole rings is 1. The topological polar surface area (TPSA) is 60.2 Å². The molecule has 1 N–H and O–H groups in total. The van der Waals surface area contributed by atoms with Crippen LogP contribution >= 0.6 is 11.3 Å². The molecule has 0 bridgehead atoms. The Morgan fingerprint density at radius 3 is 2.78 bits per heavy atom. The second-order valence-electron chi connectivity index (χ2n) is 5.43. The van der Waals surface area contributed by atoms with Crippen molar-refractivity contribution >= 4 is 43.8 Å². The molecule has 0 aliphatic rings. The van der Waals surface area contributed by atoms with Crippen LogP contribution in [0.2, 0.25) is 0 Å². The Balaban J connectivity index is 1.71. The zero-order valence-corrected chi connectivity index (χ0v) is 13.8. The smallest absolute Gasteiger partial charge is 0.302 e. The quantitative estimate of drug-likeness (QED) is 0.586. The molecular weight excluding hydrogens is 310 g/mol. The van der Waals surface area contributed by atoms with Crippen molar-refractivity contribution in [3.05, 3.63) is 41.5 Å². The highest BCUT2D eigenvalue weighted by Crippen LogP contribution is 2.32. The number of benzene rings is 2. The van der Waals surface area contributed by atoms with Crippen LogP contribution in [0.3, 0.4) is 0 Å². The Morgan fingerprint density at radius 1 is 1.09 bits per heavy atom. The van der Waals surface area contributed by atoms with E-state index in [4.69, 9.17) is 9.15 Å². The highest BCUT2D eigenvalue weighted by molar-refractivity contribution is 7.22. The van der Waals surface area contributed by atoms with Gasteiger partial charge in [0.1, 0.15) is 11.3 Å². The van der Waals surface area contributed by atoms with Crippen molar-refractivity contribution in [1.29, 1.82) is 0 Å². The fourth-order valence-electron chi connectivity index (χ4n) is 2.61. The van der Waals surface area contributed by atoms with Gasteiger partial charge in [-0.05, 0) is 49.2 Å². The number of anilines is 2. The van der Waals surface area contributed by atoms with Gasteiger partial charge in [0, 0.05) is 0 Å². The fourth-order valence-corrected chi connectivity index (χ4v) is 3.49. The molecule has 23 heavy (non-hydrogen) atoms. The predicted octanol–water partition coefficient (Wildman–Crippen LogP) is 4.81. The molecule has 2 aromatic heterocycles. The van der Waals surface area contributed by atoms with Gasteiger partial charge in [0.15, 0.2) is 10.7 Å². The third-order valence-electron chi connectivity index (χ3n) is 3.63. The van der Waals surface area contributed by atoms with Gasteiger partial charge in [-0.1, -0.05) is 17.4 Å². The molecule has 6 heteroatoms. The molecule has 0 radical (unpaired) electrons. The van der Waals surface area contributed by atoms with Gasteiger partial charge < -0.3 is 9.15 Å². The summed E-state index contributed by atoms with van der Waals surface area (Å²) in [5, 5.41) is 3.90. The number of aryl methyl sites for hydroxylation is 2. The van der Waals surface area contributed by atoms with Crippen LogP contribution in [0.5, 0.6) is 5.75 Å². The Kier molecular flexibility index (Phi) is 3.20. The summed E-state index contributed by atoms with van der Waals surface area (Å²) < 4.78 is 12.1. The molecule has 0 saturated heterocycles. The summed E-state index contributed by atoms with van der Waals surface area (Å²) in [7, 11) is 1.66. The predicted molar refractivity (Wildman–Crippen MR) is 92.9 cm³/mol. The molecule has 0 atom stereocenters. The van der Waals surface area contributed by atoms with E-state index < -0.39 is 0 Å². The molecule has 4 rings (SSSR count). The van der Waals surface area contributed by atoms with E-state index in [0.29, 0.717) is 6.01 Å². The molecular formula is C17H15N3O2S. The normalized spacial score (nSPS) is 11.3. The van der Waals surface area contributed by atoms with Crippen LogP contribution < -0.4 is 10.1 Å². The largest absolute Gasteiger partial charge is 0.497 e. The van der Waals surface area contributed by atoms with E-state index >= 15 is 0 Å². The average molecular weight is 325 g/mol. The van der Waals surface area contributed by atoms with E-state index in [1.165, 1.54) is 16.9 Å². The van der Waals surface area contributed by atoms with E-state index in [2.05, 4.69) is 28.3 Å². The summed E-state index contributed by atoms with van der Waals surface area (Å²) in [6.07, 6.45) is 0. The van der Waals surface area contributed by atoms with E-state index in [1.54, 1.807) is 7.11 Å². The lowest BCUT2D eigenvalue weighted by Gasteiger charge is -1.96. The number of aromatic nitrogens is 2. The van der Waals surface area contributed by atoms with Crippen LogP contribution in [0.1, 0.15) is 11.1 Å². The number of nitrogens with zero attached hydrogens (tertiary/aromatic N) is 2. The number of fused-ring (bicyclic) bond motifs is 2. The molecule has 116 valence electrons. The minimum Gasteiger partial charge on any atom is -0.497 e. The van der Waals surface area contributed by atoms with Crippen molar-refractivity contribution in [2.75, 3.05) is 12.4 Å². The summed E-state index contributed by atoms with van der Waals surface area (Å²) in [5.41, 5.74) is 4.83. The van der Waals surface area contributed by atoms with Gasteiger partial charge in [-0.3, -0.25) is 5.32 Å². The van der Waals surface area contributed by atoms with Gasteiger partial charge in [0.25, 0.3) is 0 Å². The van der Waals surface area contributed by atoms with E-state index in [-0.39, 0.29) is 0 Å². The SMILES string of the molecule is COc1ccc2nc(Nc3nc4cc(C)cc(C)c4o3)sc2c1. The van der Waals surface area contributed by atoms with Gasteiger partial charge in [0.05, 0.1) is 17.3 Å². The van der Waals surface area contributed by atoms with Gasteiger partial charge in [0.2, 0.25) is 0 Å². The maximum atomic E-state index is 5.82. The van der Waals surface area contributed by atoms with Crippen molar-refractivity contribution in [2.45, 2.75) is 13.8 Å². The minimum absolute atomic E-state index is 0.458. The molecule has 5 nitrogen and oxygen atoms in total. The van der Waals surface area contributed by atoms with Crippen LogP contribution in [0.15, 0.2) is 34.7 Å². The van der Waals surface area contributed by atoms with Crippen molar-refractivity contribution in [2.24, 2.45) is 0 Å². The molecule has 0 amide bonds. The summed E-state index contributed by atoms with van der Waals surface area (Å²) in [6, 6.07) is 10.4. The maximum Gasteiger partial charge on any atom is 0.302 e. The van der Waals surface area contributed by atoms with Crippen molar-refractivity contribution in [3.8, 4) is 5.75 Å². The number of nitrogens with one attached hydrogen (secondary N) is 1. The third-order valence-corrected chi connectivity index (χ3v) is 4.56. The van der Waals surface area contributed by atoms with Crippen LogP contribution in [-0.2, 0) is 0 Å². The monoisotopic (exact) mass is 325 g/mol. The Hall–Kier alpha value is -2.60. The number of oxazole rings is 1. The van der Waals surface area contributed by atoms with Gasteiger partial charge in [-0.25, -0.2) is 4.98 Å². The van der Waals surface area contributed by atoms with Gasteiger partial charge in [-0.15, -0.1) is 0 Å². The second kappa shape index (κ2) is 5.24. The minimum atomic E-state index is 0.458. The number of rotatable bonds is 3. The second-order valence-corrected chi connectivity index (χ2v) is 6.46. The molecule has 0 saturated carbocycles. The molecule has 0 aliphatic carbocycles. The van der Waals surface area contributed by atoms with Crippen LogP contribution in [0, 0.1) is 13.8 Å². The standard InChI is InChI=1S/C17H15N3O2S/c1-9-6-10(2)15-13(7-9)18-16(22-15)20-17-19-12-5-4-11(21-3)8-14(12)23-17/h4-8H,1-3H3,(H,18,19,20).